The lowest BCUT2D eigenvalue weighted by molar-refractivity contribution is -0.136. The fraction of sp³-hybridized carbons (Fsp3) is 0.500. The minimum atomic E-state index is -1.21. The SMILES string of the molecule is C[C@@H]1CN(Cc2ccc(Cl)cc2)[C@@H](C)C[C@@H]1NCC(C)(O)COc1cc(F)ccc1CC(=O)O. The van der Waals surface area contributed by atoms with E-state index in [4.69, 9.17) is 21.4 Å². The van der Waals surface area contributed by atoms with E-state index in [1.165, 1.54) is 17.7 Å². The number of carboxylic acids is 1. The first-order chi connectivity index (χ1) is 16.0. The van der Waals surface area contributed by atoms with Gasteiger partial charge in [-0.15, -0.1) is 0 Å². The van der Waals surface area contributed by atoms with Crippen molar-refractivity contribution in [2.24, 2.45) is 5.92 Å². The van der Waals surface area contributed by atoms with Crippen molar-refractivity contribution in [3.8, 4) is 5.75 Å². The van der Waals surface area contributed by atoms with Crippen LogP contribution in [0, 0.1) is 11.7 Å². The molecule has 186 valence electrons. The topological polar surface area (TPSA) is 82.0 Å². The Morgan fingerprint density at radius 2 is 1.97 bits per heavy atom. The number of hydrogen-bond acceptors (Lipinski definition) is 5. The molecule has 1 fully saturated rings. The second kappa shape index (κ2) is 11.5. The van der Waals surface area contributed by atoms with Crippen LogP contribution in [0.1, 0.15) is 38.3 Å². The van der Waals surface area contributed by atoms with Gasteiger partial charge in [-0.25, -0.2) is 4.39 Å². The molecular formula is C26H34ClFN2O4. The average Bonchev–Trinajstić information content (AvgIpc) is 2.76. The van der Waals surface area contributed by atoms with Crippen LogP contribution >= 0.6 is 11.6 Å². The first-order valence-corrected chi connectivity index (χ1v) is 12.0. The fourth-order valence-electron chi connectivity index (χ4n) is 4.36. The van der Waals surface area contributed by atoms with Gasteiger partial charge in [0.25, 0.3) is 0 Å². The summed E-state index contributed by atoms with van der Waals surface area (Å²) in [4.78, 5) is 13.5. The van der Waals surface area contributed by atoms with Crippen LogP contribution in [-0.2, 0) is 17.8 Å². The van der Waals surface area contributed by atoms with Crippen molar-refractivity contribution in [3.63, 3.8) is 0 Å². The lowest BCUT2D eigenvalue weighted by Crippen LogP contribution is -2.55. The zero-order valence-electron chi connectivity index (χ0n) is 19.9. The summed E-state index contributed by atoms with van der Waals surface area (Å²) in [6.45, 7) is 8.08. The molecule has 3 N–H and O–H groups in total. The van der Waals surface area contributed by atoms with E-state index in [9.17, 15) is 14.3 Å². The number of likely N-dealkylation sites (tertiary alicyclic amines) is 1. The van der Waals surface area contributed by atoms with Crippen molar-refractivity contribution in [1.82, 2.24) is 10.2 Å². The van der Waals surface area contributed by atoms with E-state index in [1.54, 1.807) is 6.92 Å². The Labute approximate surface area is 205 Å². The van der Waals surface area contributed by atoms with Gasteiger partial charge in [-0.2, -0.15) is 0 Å². The maximum Gasteiger partial charge on any atom is 0.307 e. The van der Waals surface area contributed by atoms with Gasteiger partial charge in [0.05, 0.1) is 6.42 Å². The second-order valence-corrected chi connectivity index (χ2v) is 10.1. The van der Waals surface area contributed by atoms with Crippen molar-refractivity contribution in [1.29, 1.82) is 0 Å². The summed E-state index contributed by atoms with van der Waals surface area (Å²) in [5.74, 6) is -1.03. The average molecular weight is 493 g/mol. The monoisotopic (exact) mass is 492 g/mol. The van der Waals surface area contributed by atoms with Crippen LogP contribution < -0.4 is 10.1 Å². The molecule has 0 aromatic heterocycles. The fourth-order valence-corrected chi connectivity index (χ4v) is 4.49. The Morgan fingerprint density at radius 3 is 2.65 bits per heavy atom. The summed E-state index contributed by atoms with van der Waals surface area (Å²) in [7, 11) is 0. The van der Waals surface area contributed by atoms with Gasteiger partial charge in [0.15, 0.2) is 0 Å². The van der Waals surface area contributed by atoms with E-state index in [0.717, 1.165) is 30.6 Å². The molecule has 0 radical (unpaired) electrons. The quantitative estimate of drug-likeness (QED) is 0.463. The molecule has 1 aliphatic rings. The van der Waals surface area contributed by atoms with E-state index in [-0.39, 0.29) is 24.8 Å². The predicted molar refractivity (Wildman–Crippen MR) is 131 cm³/mol. The number of piperidine rings is 1. The number of benzene rings is 2. The highest BCUT2D eigenvalue weighted by Crippen LogP contribution is 2.26. The van der Waals surface area contributed by atoms with Crippen molar-refractivity contribution in [3.05, 3.63) is 64.4 Å². The Kier molecular flexibility index (Phi) is 8.93. The van der Waals surface area contributed by atoms with E-state index in [0.29, 0.717) is 24.1 Å². The van der Waals surface area contributed by atoms with Gasteiger partial charge in [0.2, 0.25) is 0 Å². The van der Waals surface area contributed by atoms with Crippen molar-refractivity contribution >= 4 is 17.6 Å². The number of carbonyl (C=O) groups is 1. The number of halogens is 2. The van der Waals surface area contributed by atoms with Crippen LogP contribution in [0.15, 0.2) is 42.5 Å². The molecule has 4 atom stereocenters. The maximum atomic E-state index is 13.6. The van der Waals surface area contributed by atoms with Gasteiger partial charge >= 0.3 is 5.97 Å². The molecule has 2 aromatic rings. The molecule has 0 bridgehead atoms. The number of ether oxygens (including phenoxy) is 1. The smallest absolute Gasteiger partial charge is 0.307 e. The van der Waals surface area contributed by atoms with Gasteiger partial charge < -0.3 is 20.3 Å². The van der Waals surface area contributed by atoms with E-state index < -0.39 is 17.4 Å². The molecule has 1 unspecified atom stereocenters. The highest BCUT2D eigenvalue weighted by atomic mass is 35.5. The minimum Gasteiger partial charge on any atom is -0.490 e. The molecule has 1 saturated heterocycles. The molecule has 8 heteroatoms. The maximum absolute atomic E-state index is 13.6. The third-order valence-electron chi connectivity index (χ3n) is 6.38. The largest absolute Gasteiger partial charge is 0.490 e. The standard InChI is InChI=1S/C26H34ClFN2O4/c1-17-13-30(14-19-4-7-21(27)8-5-19)18(2)10-23(17)29-15-26(3,33)16-34-24-12-22(28)9-6-20(24)11-25(31)32/h4-9,12,17-18,23,29,33H,10-11,13-16H2,1-3H3,(H,31,32)/t17-,18+,23+,26?/m1/s1. The van der Waals surface area contributed by atoms with Gasteiger partial charge in [0.1, 0.15) is 23.8 Å². The van der Waals surface area contributed by atoms with Crippen LogP contribution in [0.5, 0.6) is 5.75 Å². The summed E-state index contributed by atoms with van der Waals surface area (Å²) in [5, 5.41) is 24.1. The van der Waals surface area contributed by atoms with E-state index >= 15 is 0 Å². The van der Waals surface area contributed by atoms with Crippen molar-refractivity contribution in [2.75, 3.05) is 19.7 Å². The van der Waals surface area contributed by atoms with Crippen LogP contribution in [0.4, 0.5) is 4.39 Å². The molecular weight excluding hydrogens is 459 g/mol. The lowest BCUT2D eigenvalue weighted by Gasteiger charge is -2.43. The number of nitrogens with zero attached hydrogens (tertiary/aromatic N) is 1. The Morgan fingerprint density at radius 1 is 1.26 bits per heavy atom. The number of aliphatic carboxylic acids is 1. The molecule has 6 nitrogen and oxygen atoms in total. The second-order valence-electron chi connectivity index (χ2n) is 9.71. The van der Waals surface area contributed by atoms with Crippen LogP contribution in [-0.4, -0.2) is 58.5 Å². The number of aliphatic hydroxyl groups is 1. The summed E-state index contributed by atoms with van der Waals surface area (Å²) in [6.07, 6.45) is 0.665. The normalized spacial score (nSPS) is 22.8. The van der Waals surface area contributed by atoms with Crippen molar-refractivity contribution < 1.29 is 24.1 Å². The van der Waals surface area contributed by atoms with E-state index in [2.05, 4.69) is 36.2 Å². The van der Waals surface area contributed by atoms with Crippen LogP contribution in [0.3, 0.4) is 0 Å². The first kappa shape index (κ1) is 26.4. The number of rotatable bonds is 10. The first-order valence-electron chi connectivity index (χ1n) is 11.6. The summed E-state index contributed by atoms with van der Waals surface area (Å²) < 4.78 is 19.3. The molecule has 34 heavy (non-hydrogen) atoms. The predicted octanol–water partition coefficient (Wildman–Crippen LogP) is 4.12. The summed E-state index contributed by atoms with van der Waals surface area (Å²) >= 11 is 6.00. The zero-order valence-corrected chi connectivity index (χ0v) is 20.7. The van der Waals surface area contributed by atoms with E-state index in [1.807, 2.05) is 12.1 Å². The molecule has 0 saturated carbocycles. The number of nitrogens with one attached hydrogen (secondary N) is 1. The third kappa shape index (κ3) is 7.67. The Bertz CT molecular complexity index is 970. The zero-order chi connectivity index (χ0) is 24.9. The molecule has 0 amide bonds. The van der Waals surface area contributed by atoms with Crippen LogP contribution in [0.25, 0.3) is 0 Å². The highest BCUT2D eigenvalue weighted by molar-refractivity contribution is 6.30. The van der Waals surface area contributed by atoms with Crippen molar-refractivity contribution in [2.45, 2.75) is 57.8 Å². The van der Waals surface area contributed by atoms with Gasteiger partial charge in [-0.05, 0) is 49.9 Å². The molecule has 3 rings (SSSR count). The molecule has 1 heterocycles. The minimum absolute atomic E-state index is 0.0879. The molecule has 0 spiro atoms. The molecule has 0 aliphatic carbocycles. The van der Waals surface area contributed by atoms with Crippen LogP contribution in [0.2, 0.25) is 5.02 Å². The Hall–Kier alpha value is -2.19. The highest BCUT2D eigenvalue weighted by Gasteiger charge is 2.32. The summed E-state index contributed by atoms with van der Waals surface area (Å²) in [5.41, 5.74) is 0.388. The Balaban J connectivity index is 1.52. The lowest BCUT2D eigenvalue weighted by atomic mass is 9.88. The number of hydrogen-bond donors (Lipinski definition) is 3. The summed E-state index contributed by atoms with van der Waals surface area (Å²) in [6, 6.07) is 12.3. The third-order valence-corrected chi connectivity index (χ3v) is 6.63. The van der Waals surface area contributed by atoms with Gasteiger partial charge in [0, 0.05) is 48.4 Å². The number of carboxylic acid groups (broad SMARTS) is 1. The molecule has 2 aromatic carbocycles. The van der Waals surface area contributed by atoms with Gasteiger partial charge in [-0.1, -0.05) is 36.7 Å². The molecule has 1 aliphatic heterocycles. The van der Waals surface area contributed by atoms with Gasteiger partial charge in [-0.3, -0.25) is 9.69 Å².